The van der Waals surface area contributed by atoms with Crippen molar-refractivity contribution in [1.82, 2.24) is 14.7 Å². The van der Waals surface area contributed by atoms with Crippen LogP contribution in [0, 0.1) is 6.92 Å². The van der Waals surface area contributed by atoms with Gasteiger partial charge in [-0.3, -0.25) is 4.79 Å². The molecule has 0 spiro atoms. The lowest BCUT2D eigenvalue weighted by Crippen LogP contribution is -2.33. The number of fused-ring (bicyclic) bond motifs is 1. The first-order chi connectivity index (χ1) is 10.7. The second-order valence-corrected chi connectivity index (χ2v) is 5.72. The summed E-state index contributed by atoms with van der Waals surface area (Å²) in [7, 11) is 1.55. The number of ether oxygens (including phenoxy) is 1. The highest BCUT2D eigenvalue weighted by atomic mass is 16.5. The summed E-state index contributed by atoms with van der Waals surface area (Å²) in [5.41, 5.74) is 4.64. The van der Waals surface area contributed by atoms with Crippen molar-refractivity contribution < 1.29 is 9.53 Å². The van der Waals surface area contributed by atoms with Crippen molar-refractivity contribution in [1.29, 1.82) is 0 Å². The van der Waals surface area contributed by atoms with Gasteiger partial charge in [-0.25, -0.2) is 4.68 Å². The normalized spacial score (nSPS) is 14.5. The molecule has 0 aliphatic carbocycles. The van der Waals surface area contributed by atoms with E-state index in [-0.39, 0.29) is 12.5 Å². The maximum absolute atomic E-state index is 12.0. The second-order valence-electron chi connectivity index (χ2n) is 5.72. The SMILES string of the molecule is COCC(=O)N1CCCc2c(cnn2-c2ccc(C)cc2)C1. The van der Waals surface area contributed by atoms with Crippen LogP contribution in [0.3, 0.4) is 0 Å². The molecule has 1 aromatic carbocycles. The van der Waals surface area contributed by atoms with Gasteiger partial charge in [0.05, 0.1) is 11.9 Å². The summed E-state index contributed by atoms with van der Waals surface area (Å²) >= 11 is 0. The van der Waals surface area contributed by atoms with Crippen molar-refractivity contribution in [3.63, 3.8) is 0 Å². The smallest absolute Gasteiger partial charge is 0.248 e. The molecule has 2 heterocycles. The van der Waals surface area contributed by atoms with Crippen LogP contribution in [-0.2, 0) is 22.5 Å². The summed E-state index contributed by atoms with van der Waals surface area (Å²) in [5.74, 6) is 0.0402. The molecule has 0 N–H and O–H groups in total. The first-order valence-electron chi connectivity index (χ1n) is 7.58. The summed E-state index contributed by atoms with van der Waals surface area (Å²) < 4.78 is 6.96. The van der Waals surface area contributed by atoms with Crippen molar-refractivity contribution in [3.8, 4) is 5.69 Å². The first-order valence-corrected chi connectivity index (χ1v) is 7.58. The molecular weight excluding hydrogens is 278 g/mol. The number of aryl methyl sites for hydroxylation is 1. The number of aromatic nitrogens is 2. The van der Waals surface area contributed by atoms with Crippen molar-refractivity contribution in [2.45, 2.75) is 26.3 Å². The van der Waals surface area contributed by atoms with E-state index < -0.39 is 0 Å². The number of hydrogen-bond donors (Lipinski definition) is 0. The molecule has 0 saturated heterocycles. The zero-order valence-corrected chi connectivity index (χ0v) is 13.1. The molecule has 5 heteroatoms. The minimum Gasteiger partial charge on any atom is -0.375 e. The number of benzene rings is 1. The summed E-state index contributed by atoms with van der Waals surface area (Å²) in [6.45, 7) is 3.60. The summed E-state index contributed by atoms with van der Waals surface area (Å²) in [6, 6.07) is 8.35. The van der Waals surface area contributed by atoms with Gasteiger partial charge in [-0.1, -0.05) is 17.7 Å². The Morgan fingerprint density at radius 2 is 2.09 bits per heavy atom. The highest BCUT2D eigenvalue weighted by molar-refractivity contribution is 5.77. The van der Waals surface area contributed by atoms with E-state index in [0.29, 0.717) is 6.54 Å². The molecule has 0 bridgehead atoms. The van der Waals surface area contributed by atoms with Crippen LogP contribution in [0.5, 0.6) is 0 Å². The van der Waals surface area contributed by atoms with E-state index in [1.807, 2.05) is 15.8 Å². The highest BCUT2D eigenvalue weighted by Gasteiger charge is 2.22. The van der Waals surface area contributed by atoms with Crippen LogP contribution in [0.1, 0.15) is 23.2 Å². The van der Waals surface area contributed by atoms with Gasteiger partial charge < -0.3 is 9.64 Å². The van der Waals surface area contributed by atoms with E-state index in [1.54, 1.807) is 7.11 Å². The fourth-order valence-corrected chi connectivity index (χ4v) is 2.86. The summed E-state index contributed by atoms with van der Waals surface area (Å²) in [4.78, 5) is 13.9. The molecule has 1 aromatic heterocycles. The van der Waals surface area contributed by atoms with Gasteiger partial charge in [0.25, 0.3) is 0 Å². The molecule has 3 rings (SSSR count). The van der Waals surface area contributed by atoms with Gasteiger partial charge in [0, 0.05) is 31.5 Å². The molecule has 5 nitrogen and oxygen atoms in total. The molecule has 22 heavy (non-hydrogen) atoms. The number of carbonyl (C=O) groups excluding carboxylic acids is 1. The Hall–Kier alpha value is -2.14. The lowest BCUT2D eigenvalue weighted by Gasteiger charge is -2.19. The van der Waals surface area contributed by atoms with Gasteiger partial charge in [0.2, 0.25) is 5.91 Å². The number of amides is 1. The number of carbonyl (C=O) groups is 1. The number of nitrogens with zero attached hydrogens (tertiary/aromatic N) is 3. The third-order valence-electron chi connectivity index (χ3n) is 4.06. The van der Waals surface area contributed by atoms with E-state index in [0.717, 1.165) is 30.6 Å². The van der Waals surface area contributed by atoms with Crippen molar-refractivity contribution in [2.24, 2.45) is 0 Å². The zero-order chi connectivity index (χ0) is 15.5. The Kier molecular flexibility index (Phi) is 4.24. The molecule has 0 atom stereocenters. The lowest BCUT2D eigenvalue weighted by molar-refractivity contribution is -0.135. The summed E-state index contributed by atoms with van der Waals surface area (Å²) in [5, 5.41) is 4.53. The quantitative estimate of drug-likeness (QED) is 0.872. The Bertz CT molecular complexity index is 661. The Labute approximate surface area is 130 Å². The van der Waals surface area contributed by atoms with Crippen molar-refractivity contribution >= 4 is 5.91 Å². The van der Waals surface area contributed by atoms with Gasteiger partial charge in [0.15, 0.2) is 0 Å². The van der Waals surface area contributed by atoms with Crippen molar-refractivity contribution in [3.05, 3.63) is 47.3 Å². The average molecular weight is 299 g/mol. The monoisotopic (exact) mass is 299 g/mol. The largest absolute Gasteiger partial charge is 0.375 e. The second kappa shape index (κ2) is 6.32. The van der Waals surface area contributed by atoms with Gasteiger partial charge >= 0.3 is 0 Å². The fraction of sp³-hybridized carbons (Fsp3) is 0.412. The number of rotatable bonds is 3. The van der Waals surface area contributed by atoms with Gasteiger partial charge in [-0.2, -0.15) is 5.10 Å². The maximum Gasteiger partial charge on any atom is 0.248 e. The molecule has 116 valence electrons. The van der Waals surface area contributed by atoms with Crippen LogP contribution >= 0.6 is 0 Å². The van der Waals surface area contributed by atoms with Crippen LogP contribution in [0.2, 0.25) is 0 Å². The maximum atomic E-state index is 12.0. The van der Waals surface area contributed by atoms with Crippen molar-refractivity contribution in [2.75, 3.05) is 20.3 Å². The van der Waals surface area contributed by atoms with Crippen LogP contribution in [0.4, 0.5) is 0 Å². The predicted octanol–water partition coefficient (Wildman–Crippen LogP) is 2.10. The molecule has 2 aromatic rings. The average Bonchev–Trinajstić information content (AvgIpc) is 2.78. The molecule has 1 aliphatic heterocycles. The Morgan fingerprint density at radius 3 is 2.82 bits per heavy atom. The number of methoxy groups -OCH3 is 1. The summed E-state index contributed by atoms with van der Waals surface area (Å²) in [6.07, 6.45) is 3.76. The molecule has 0 saturated carbocycles. The van der Waals surface area contributed by atoms with Crippen LogP contribution in [0.15, 0.2) is 30.5 Å². The Morgan fingerprint density at radius 1 is 1.32 bits per heavy atom. The Balaban J connectivity index is 1.87. The topological polar surface area (TPSA) is 47.4 Å². The van der Waals surface area contributed by atoms with Crippen LogP contribution < -0.4 is 0 Å². The van der Waals surface area contributed by atoms with Gasteiger partial charge in [-0.05, 0) is 31.9 Å². The molecule has 0 unspecified atom stereocenters. The molecule has 0 radical (unpaired) electrons. The lowest BCUT2D eigenvalue weighted by atomic mass is 10.1. The minimum atomic E-state index is 0.0402. The molecule has 1 aliphatic rings. The van der Waals surface area contributed by atoms with Gasteiger partial charge in [0.1, 0.15) is 6.61 Å². The molecular formula is C17H21N3O2. The van der Waals surface area contributed by atoms with Crippen LogP contribution in [0.25, 0.3) is 5.69 Å². The van der Waals surface area contributed by atoms with Crippen LogP contribution in [-0.4, -0.2) is 40.8 Å². The fourth-order valence-electron chi connectivity index (χ4n) is 2.86. The van der Waals surface area contributed by atoms with E-state index >= 15 is 0 Å². The van der Waals surface area contributed by atoms with Gasteiger partial charge in [-0.15, -0.1) is 0 Å². The predicted molar refractivity (Wildman–Crippen MR) is 83.9 cm³/mol. The van der Waals surface area contributed by atoms with E-state index in [2.05, 4.69) is 36.3 Å². The first kappa shape index (κ1) is 14.8. The molecule has 0 fully saturated rings. The third kappa shape index (κ3) is 2.90. The molecule has 1 amide bonds. The standard InChI is InChI=1S/C17H21N3O2/c1-13-5-7-15(8-6-13)20-16-4-3-9-19(17(21)12-22-2)11-14(16)10-18-20/h5-8,10H,3-4,9,11-12H2,1-2H3. The third-order valence-corrected chi connectivity index (χ3v) is 4.06. The highest BCUT2D eigenvalue weighted by Crippen LogP contribution is 2.22. The van der Waals surface area contributed by atoms with E-state index in [1.165, 1.54) is 11.3 Å². The number of hydrogen-bond acceptors (Lipinski definition) is 3. The minimum absolute atomic E-state index is 0.0402. The zero-order valence-electron chi connectivity index (χ0n) is 13.1. The van der Waals surface area contributed by atoms with E-state index in [9.17, 15) is 4.79 Å². The van der Waals surface area contributed by atoms with E-state index in [4.69, 9.17) is 4.74 Å².